The number of nitro groups is 1. The van der Waals surface area contributed by atoms with Crippen LogP contribution in [0.25, 0.3) is 0 Å². The van der Waals surface area contributed by atoms with Gasteiger partial charge < -0.3 is 10.1 Å². The first-order chi connectivity index (χ1) is 11.3. The molecule has 0 spiro atoms. The molecular weight excluding hydrogens is 308 g/mol. The molecule has 0 aliphatic carbocycles. The fraction of sp³-hybridized carbons (Fsp3) is 0.278. The number of anilines is 1. The van der Waals surface area contributed by atoms with Gasteiger partial charge in [-0.1, -0.05) is 18.2 Å². The Labute approximate surface area is 140 Å². The molecule has 0 unspecified atom stereocenters. The first-order valence-corrected chi connectivity index (χ1v) is 7.59. The number of benzene rings is 2. The Morgan fingerprint density at radius 3 is 2.46 bits per heavy atom. The number of nitrogens with one attached hydrogen (secondary N) is 1. The van der Waals surface area contributed by atoms with Crippen molar-refractivity contribution >= 4 is 17.3 Å². The van der Waals surface area contributed by atoms with Crippen LogP contribution in [-0.4, -0.2) is 16.9 Å². The lowest BCUT2D eigenvalue weighted by Gasteiger charge is -2.17. The summed E-state index contributed by atoms with van der Waals surface area (Å²) in [6.07, 6.45) is -0.732. The zero-order valence-corrected chi connectivity index (χ0v) is 14.1. The topological polar surface area (TPSA) is 81.5 Å². The maximum Gasteiger partial charge on any atom is 0.274 e. The quantitative estimate of drug-likeness (QED) is 0.666. The second-order valence-corrected chi connectivity index (χ2v) is 5.65. The first kappa shape index (κ1) is 17.5. The van der Waals surface area contributed by atoms with E-state index in [1.165, 1.54) is 12.1 Å². The minimum atomic E-state index is -0.732. The minimum Gasteiger partial charge on any atom is -0.481 e. The van der Waals surface area contributed by atoms with E-state index in [4.69, 9.17) is 4.74 Å². The fourth-order valence-corrected chi connectivity index (χ4v) is 2.29. The van der Waals surface area contributed by atoms with Gasteiger partial charge in [-0.25, -0.2) is 0 Å². The number of hydrogen-bond acceptors (Lipinski definition) is 4. The number of rotatable bonds is 5. The Balaban J connectivity index is 2.14. The molecule has 0 heterocycles. The number of amides is 1. The number of nitrogens with zero attached hydrogens (tertiary/aromatic N) is 1. The summed E-state index contributed by atoms with van der Waals surface area (Å²) in [4.78, 5) is 22.8. The molecule has 0 aliphatic rings. The Morgan fingerprint density at radius 2 is 1.79 bits per heavy atom. The van der Waals surface area contributed by atoms with E-state index < -0.39 is 11.0 Å². The maximum absolute atomic E-state index is 12.3. The average molecular weight is 328 g/mol. The number of hydrogen-bond donors (Lipinski definition) is 1. The molecule has 2 rings (SSSR count). The van der Waals surface area contributed by atoms with E-state index >= 15 is 0 Å². The van der Waals surface area contributed by atoms with Crippen molar-refractivity contribution in [1.29, 1.82) is 0 Å². The highest BCUT2D eigenvalue weighted by atomic mass is 16.6. The molecule has 1 atom stereocenters. The molecule has 0 radical (unpaired) electrons. The molecule has 0 fully saturated rings. The van der Waals surface area contributed by atoms with E-state index in [9.17, 15) is 14.9 Å². The number of carbonyl (C=O) groups excluding carboxylic acids is 1. The van der Waals surface area contributed by atoms with Crippen LogP contribution >= 0.6 is 0 Å². The van der Waals surface area contributed by atoms with Gasteiger partial charge in [0.15, 0.2) is 6.10 Å². The highest BCUT2D eigenvalue weighted by Crippen LogP contribution is 2.26. The van der Waals surface area contributed by atoms with Crippen LogP contribution in [0.4, 0.5) is 11.4 Å². The monoisotopic (exact) mass is 328 g/mol. The SMILES string of the molecule is Cc1cccc(O[C@H](C)C(=O)Nc2cccc([N+](=O)[O-])c2C)c1C. The largest absolute Gasteiger partial charge is 0.481 e. The van der Waals surface area contributed by atoms with E-state index in [-0.39, 0.29) is 11.6 Å². The molecular formula is C18H20N2O4. The van der Waals surface area contributed by atoms with Crippen LogP contribution in [0.2, 0.25) is 0 Å². The Hall–Kier alpha value is -2.89. The van der Waals surface area contributed by atoms with Gasteiger partial charge in [0.2, 0.25) is 0 Å². The fourth-order valence-electron chi connectivity index (χ4n) is 2.29. The summed E-state index contributed by atoms with van der Waals surface area (Å²) in [6, 6.07) is 10.2. The second-order valence-electron chi connectivity index (χ2n) is 5.65. The highest BCUT2D eigenvalue weighted by molar-refractivity contribution is 5.95. The second kappa shape index (κ2) is 7.12. The van der Waals surface area contributed by atoms with Gasteiger partial charge in [0.25, 0.3) is 11.6 Å². The first-order valence-electron chi connectivity index (χ1n) is 7.59. The van der Waals surface area contributed by atoms with E-state index in [2.05, 4.69) is 5.32 Å². The molecule has 0 aliphatic heterocycles. The van der Waals surface area contributed by atoms with E-state index in [0.717, 1.165) is 11.1 Å². The smallest absolute Gasteiger partial charge is 0.274 e. The van der Waals surface area contributed by atoms with Gasteiger partial charge in [-0.2, -0.15) is 0 Å². The lowest BCUT2D eigenvalue weighted by molar-refractivity contribution is -0.385. The zero-order valence-electron chi connectivity index (χ0n) is 14.1. The average Bonchev–Trinajstić information content (AvgIpc) is 2.53. The summed E-state index contributed by atoms with van der Waals surface area (Å²) >= 11 is 0. The molecule has 1 amide bonds. The van der Waals surface area contributed by atoms with Crippen LogP contribution in [0.1, 0.15) is 23.6 Å². The zero-order chi connectivity index (χ0) is 17.9. The van der Waals surface area contributed by atoms with Crippen LogP contribution < -0.4 is 10.1 Å². The standard InChI is InChI=1S/C18H20N2O4/c1-11-7-5-10-17(12(11)2)24-14(4)18(21)19-15-8-6-9-16(13(15)3)20(22)23/h5-10,14H,1-4H3,(H,19,21)/t14-/m1/s1. The van der Waals surface area contributed by atoms with Crippen LogP contribution in [0.3, 0.4) is 0 Å². The third-order valence-electron chi connectivity index (χ3n) is 3.99. The van der Waals surface area contributed by atoms with Crippen molar-refractivity contribution in [1.82, 2.24) is 0 Å². The van der Waals surface area contributed by atoms with Gasteiger partial charge in [0.1, 0.15) is 5.75 Å². The number of ether oxygens (including phenoxy) is 1. The minimum absolute atomic E-state index is 0.0316. The van der Waals surface area contributed by atoms with E-state index in [0.29, 0.717) is 17.0 Å². The third kappa shape index (κ3) is 3.71. The van der Waals surface area contributed by atoms with Crippen LogP contribution in [-0.2, 0) is 4.79 Å². The Kier molecular flexibility index (Phi) is 5.18. The van der Waals surface area contributed by atoms with Crippen molar-refractivity contribution in [2.24, 2.45) is 0 Å². The van der Waals surface area contributed by atoms with Crippen molar-refractivity contribution < 1.29 is 14.5 Å². The molecule has 2 aromatic rings. The summed E-state index contributed by atoms with van der Waals surface area (Å²) in [5.41, 5.74) is 2.84. The number of aryl methyl sites for hydroxylation is 1. The lowest BCUT2D eigenvalue weighted by Crippen LogP contribution is -2.30. The highest BCUT2D eigenvalue weighted by Gasteiger charge is 2.19. The number of nitro benzene ring substituents is 1. The molecule has 0 bridgehead atoms. The summed E-state index contributed by atoms with van der Waals surface area (Å²) < 4.78 is 5.73. The molecule has 126 valence electrons. The summed E-state index contributed by atoms with van der Waals surface area (Å²) in [5, 5.41) is 13.7. The van der Waals surface area contributed by atoms with Crippen LogP contribution in [0, 0.1) is 30.9 Å². The molecule has 24 heavy (non-hydrogen) atoms. The van der Waals surface area contributed by atoms with Crippen molar-refractivity contribution in [3.63, 3.8) is 0 Å². The molecule has 1 N–H and O–H groups in total. The van der Waals surface area contributed by atoms with Gasteiger partial charge in [-0.05, 0) is 51.0 Å². The summed E-state index contributed by atoms with van der Waals surface area (Å²) in [6.45, 7) is 7.15. The summed E-state index contributed by atoms with van der Waals surface area (Å²) in [5.74, 6) is 0.285. The maximum atomic E-state index is 12.3. The lowest BCUT2D eigenvalue weighted by atomic mass is 10.1. The Bertz CT molecular complexity index is 787. The number of carbonyl (C=O) groups is 1. The van der Waals surface area contributed by atoms with Gasteiger partial charge in [0.05, 0.1) is 16.2 Å². The van der Waals surface area contributed by atoms with Crippen molar-refractivity contribution in [3.05, 3.63) is 63.2 Å². The summed E-state index contributed by atoms with van der Waals surface area (Å²) in [7, 11) is 0. The van der Waals surface area contributed by atoms with E-state index in [1.807, 2.05) is 32.0 Å². The molecule has 6 heteroatoms. The third-order valence-corrected chi connectivity index (χ3v) is 3.99. The van der Waals surface area contributed by atoms with Crippen LogP contribution in [0.5, 0.6) is 5.75 Å². The molecule has 6 nitrogen and oxygen atoms in total. The van der Waals surface area contributed by atoms with Crippen molar-refractivity contribution in [2.45, 2.75) is 33.8 Å². The van der Waals surface area contributed by atoms with Crippen molar-refractivity contribution in [3.8, 4) is 5.75 Å². The van der Waals surface area contributed by atoms with Crippen LogP contribution in [0.15, 0.2) is 36.4 Å². The van der Waals surface area contributed by atoms with Gasteiger partial charge >= 0.3 is 0 Å². The van der Waals surface area contributed by atoms with E-state index in [1.54, 1.807) is 19.9 Å². The van der Waals surface area contributed by atoms with Gasteiger partial charge in [0, 0.05) is 6.07 Å². The molecule has 2 aromatic carbocycles. The van der Waals surface area contributed by atoms with Gasteiger partial charge in [-0.3, -0.25) is 14.9 Å². The molecule has 0 aromatic heterocycles. The van der Waals surface area contributed by atoms with Crippen molar-refractivity contribution in [2.75, 3.05) is 5.32 Å². The normalized spacial score (nSPS) is 11.7. The predicted octanol–water partition coefficient (Wildman–Crippen LogP) is 3.93. The Morgan fingerprint density at radius 1 is 1.12 bits per heavy atom. The molecule has 0 saturated carbocycles. The molecule has 0 saturated heterocycles. The van der Waals surface area contributed by atoms with Gasteiger partial charge in [-0.15, -0.1) is 0 Å². The predicted molar refractivity (Wildman–Crippen MR) is 92.5 cm³/mol.